The summed E-state index contributed by atoms with van der Waals surface area (Å²) in [4.78, 5) is 0. The molecule has 0 fully saturated rings. The lowest BCUT2D eigenvalue weighted by Gasteiger charge is -2.31. The van der Waals surface area contributed by atoms with Gasteiger partial charge < -0.3 is 0 Å². The molecule has 0 heterocycles. The monoisotopic (exact) mass is 336 g/mol. The minimum Gasteiger partial charge on any atom is -0.243 e. The Bertz CT molecular complexity index is 362. The Kier molecular flexibility index (Phi) is 13.3. The van der Waals surface area contributed by atoms with E-state index in [9.17, 15) is 0 Å². The molecule has 1 nitrogen and oxygen atoms in total. The van der Waals surface area contributed by atoms with Gasteiger partial charge >= 0.3 is 0 Å². The second-order valence-corrected chi connectivity index (χ2v) is 8.22. The van der Waals surface area contributed by atoms with Crippen molar-refractivity contribution in [2.75, 3.05) is 14.1 Å². The van der Waals surface area contributed by atoms with Crippen molar-refractivity contribution in [1.82, 2.24) is 0 Å². The standard InChI is InChI=1S/C23H46N/c1-9-12-14-23(15-13-10-2)21(6)19(4)18-22(11-3)17-16-20(5)24(7)8/h9,12,19,21-23H,10-11,13-18H2,1-8H3/q+1. The van der Waals surface area contributed by atoms with E-state index in [1.165, 1.54) is 57.1 Å². The summed E-state index contributed by atoms with van der Waals surface area (Å²) in [6.45, 7) is 14.1. The third-order valence-corrected chi connectivity index (χ3v) is 6.20. The Balaban J connectivity index is 4.63. The highest BCUT2D eigenvalue weighted by Crippen LogP contribution is 2.33. The van der Waals surface area contributed by atoms with Crippen molar-refractivity contribution in [1.29, 1.82) is 0 Å². The first-order chi connectivity index (χ1) is 11.4. The van der Waals surface area contributed by atoms with Crippen molar-refractivity contribution in [2.24, 2.45) is 23.7 Å². The number of rotatable bonds is 13. The molecule has 0 saturated carbocycles. The summed E-state index contributed by atoms with van der Waals surface area (Å²) in [6, 6.07) is 0. The Morgan fingerprint density at radius 1 is 1.08 bits per heavy atom. The topological polar surface area (TPSA) is 3.01 Å². The van der Waals surface area contributed by atoms with Crippen LogP contribution >= 0.6 is 0 Å². The molecule has 0 N–H and O–H groups in total. The molecule has 0 saturated heterocycles. The van der Waals surface area contributed by atoms with Crippen molar-refractivity contribution in [2.45, 2.75) is 92.9 Å². The summed E-state index contributed by atoms with van der Waals surface area (Å²) in [7, 11) is 4.33. The number of nitrogens with zero attached hydrogens (tertiary/aromatic N) is 1. The predicted molar refractivity (Wildman–Crippen MR) is 111 cm³/mol. The quantitative estimate of drug-likeness (QED) is 0.194. The molecule has 0 aliphatic carbocycles. The fourth-order valence-corrected chi connectivity index (χ4v) is 3.70. The zero-order valence-electron chi connectivity index (χ0n) is 18.1. The Labute approximate surface area is 153 Å². The maximum absolute atomic E-state index is 2.51. The van der Waals surface area contributed by atoms with Crippen molar-refractivity contribution in [3.8, 4) is 0 Å². The summed E-state index contributed by atoms with van der Waals surface area (Å²) in [5.74, 6) is 3.41. The van der Waals surface area contributed by atoms with Crippen molar-refractivity contribution >= 4 is 5.71 Å². The molecule has 24 heavy (non-hydrogen) atoms. The van der Waals surface area contributed by atoms with Gasteiger partial charge in [0.05, 0.1) is 0 Å². The largest absolute Gasteiger partial charge is 0.243 e. The Morgan fingerprint density at radius 3 is 2.25 bits per heavy atom. The van der Waals surface area contributed by atoms with Crippen molar-refractivity contribution < 1.29 is 4.58 Å². The van der Waals surface area contributed by atoms with Gasteiger partial charge in [0.25, 0.3) is 0 Å². The normalized spacial score (nSPS) is 16.8. The van der Waals surface area contributed by atoms with Crippen LogP contribution in [0.25, 0.3) is 0 Å². The van der Waals surface area contributed by atoms with E-state index in [-0.39, 0.29) is 0 Å². The lowest BCUT2D eigenvalue weighted by Crippen LogP contribution is -2.22. The second kappa shape index (κ2) is 13.7. The highest BCUT2D eigenvalue weighted by Gasteiger charge is 2.24. The average Bonchev–Trinajstić information content (AvgIpc) is 2.57. The van der Waals surface area contributed by atoms with Gasteiger partial charge in [0.2, 0.25) is 0 Å². The number of allylic oxidation sites excluding steroid dienone is 2. The molecule has 0 amide bonds. The summed E-state index contributed by atoms with van der Waals surface area (Å²) < 4.78 is 2.27. The van der Waals surface area contributed by atoms with Crippen LogP contribution in [0, 0.1) is 23.7 Å². The molecule has 0 aromatic carbocycles. The maximum Gasteiger partial charge on any atom is 0.148 e. The van der Waals surface area contributed by atoms with Crippen LogP contribution in [-0.4, -0.2) is 24.4 Å². The van der Waals surface area contributed by atoms with E-state index in [1.54, 1.807) is 0 Å². The van der Waals surface area contributed by atoms with Crippen molar-refractivity contribution in [3.63, 3.8) is 0 Å². The first-order valence-corrected chi connectivity index (χ1v) is 10.5. The molecule has 0 aromatic heterocycles. The van der Waals surface area contributed by atoms with E-state index in [0.29, 0.717) is 0 Å². The van der Waals surface area contributed by atoms with E-state index in [1.807, 2.05) is 0 Å². The van der Waals surface area contributed by atoms with E-state index in [4.69, 9.17) is 0 Å². The fraction of sp³-hybridized carbons (Fsp3) is 0.870. The third kappa shape index (κ3) is 9.64. The van der Waals surface area contributed by atoms with Gasteiger partial charge in [-0.25, -0.2) is 4.58 Å². The molecule has 1 heteroatoms. The molecule has 4 unspecified atom stereocenters. The average molecular weight is 337 g/mol. The Hall–Kier alpha value is -0.590. The molecule has 0 spiro atoms. The van der Waals surface area contributed by atoms with E-state index in [2.05, 4.69) is 72.4 Å². The van der Waals surface area contributed by atoms with Crippen molar-refractivity contribution in [3.05, 3.63) is 12.2 Å². The summed E-state index contributed by atoms with van der Waals surface area (Å²) >= 11 is 0. The minimum atomic E-state index is 0.834. The molecule has 0 radical (unpaired) electrons. The van der Waals surface area contributed by atoms with Crippen LogP contribution in [0.15, 0.2) is 12.2 Å². The molecule has 0 aliphatic rings. The number of unbranched alkanes of at least 4 members (excludes halogenated alkanes) is 1. The van der Waals surface area contributed by atoms with Gasteiger partial charge in [-0.05, 0) is 56.3 Å². The zero-order valence-corrected chi connectivity index (χ0v) is 18.1. The summed E-state index contributed by atoms with van der Waals surface area (Å²) in [6.07, 6.45) is 15.3. The molecule has 0 aliphatic heterocycles. The van der Waals surface area contributed by atoms with Gasteiger partial charge in [0, 0.05) is 13.3 Å². The van der Waals surface area contributed by atoms with Gasteiger partial charge in [-0.15, -0.1) is 0 Å². The predicted octanol–water partition coefficient (Wildman–Crippen LogP) is 6.96. The van der Waals surface area contributed by atoms with Crippen LogP contribution in [0.2, 0.25) is 0 Å². The van der Waals surface area contributed by atoms with Gasteiger partial charge in [0.15, 0.2) is 0 Å². The molecular weight excluding hydrogens is 290 g/mol. The third-order valence-electron chi connectivity index (χ3n) is 6.20. The van der Waals surface area contributed by atoms with E-state index >= 15 is 0 Å². The lowest BCUT2D eigenvalue weighted by atomic mass is 9.75. The highest BCUT2D eigenvalue weighted by molar-refractivity contribution is 5.76. The van der Waals surface area contributed by atoms with E-state index < -0.39 is 0 Å². The first kappa shape index (κ1) is 23.4. The van der Waals surface area contributed by atoms with Crippen LogP contribution in [0.5, 0.6) is 0 Å². The van der Waals surface area contributed by atoms with Crippen LogP contribution < -0.4 is 0 Å². The molecule has 4 atom stereocenters. The zero-order chi connectivity index (χ0) is 18.5. The van der Waals surface area contributed by atoms with Crippen LogP contribution in [0.4, 0.5) is 0 Å². The number of hydrogen-bond donors (Lipinski definition) is 0. The van der Waals surface area contributed by atoms with Crippen LogP contribution in [0.1, 0.15) is 92.9 Å². The van der Waals surface area contributed by atoms with Gasteiger partial charge in [-0.2, -0.15) is 0 Å². The van der Waals surface area contributed by atoms with Gasteiger partial charge in [-0.3, -0.25) is 0 Å². The van der Waals surface area contributed by atoms with Crippen LogP contribution in [-0.2, 0) is 0 Å². The van der Waals surface area contributed by atoms with Gasteiger partial charge in [0.1, 0.15) is 19.8 Å². The molecule has 0 bridgehead atoms. The first-order valence-electron chi connectivity index (χ1n) is 10.5. The Morgan fingerprint density at radius 2 is 1.75 bits per heavy atom. The minimum absolute atomic E-state index is 0.834. The SMILES string of the molecule is CC=CCC(CCCC)C(C)C(C)CC(CC)CCC(C)=[N+](C)C. The highest BCUT2D eigenvalue weighted by atomic mass is 14.9. The molecule has 0 aromatic rings. The summed E-state index contributed by atoms with van der Waals surface area (Å²) in [5.41, 5.74) is 1.52. The van der Waals surface area contributed by atoms with Crippen LogP contribution in [0.3, 0.4) is 0 Å². The second-order valence-electron chi connectivity index (χ2n) is 8.22. The fourth-order valence-electron chi connectivity index (χ4n) is 3.70. The maximum atomic E-state index is 2.51. The summed E-state index contributed by atoms with van der Waals surface area (Å²) in [5, 5.41) is 0. The molecule has 0 rings (SSSR count). The smallest absolute Gasteiger partial charge is 0.148 e. The number of hydrogen-bond acceptors (Lipinski definition) is 0. The van der Waals surface area contributed by atoms with E-state index in [0.717, 1.165) is 23.7 Å². The molecule has 142 valence electrons. The molecular formula is C23H46N+. The lowest BCUT2D eigenvalue weighted by molar-refractivity contribution is -0.466. The van der Waals surface area contributed by atoms with Gasteiger partial charge in [-0.1, -0.05) is 59.1 Å².